The van der Waals surface area contributed by atoms with Gasteiger partial charge in [0.25, 0.3) is 14.2 Å². The SMILES string of the molecule is O=C(c1ccc2ccccc2c1)S(=O)(=O)Cl. The molecule has 2 aromatic carbocycles. The highest BCUT2D eigenvalue weighted by molar-refractivity contribution is 8.25. The Hall–Kier alpha value is -1.39. The first-order valence-electron chi connectivity index (χ1n) is 4.46. The lowest BCUT2D eigenvalue weighted by molar-refractivity contribution is 0.107. The predicted octanol–water partition coefficient (Wildman–Crippen LogP) is 2.55. The van der Waals surface area contributed by atoms with Crippen molar-refractivity contribution in [3.8, 4) is 0 Å². The van der Waals surface area contributed by atoms with Gasteiger partial charge in [0.05, 0.1) is 0 Å². The third kappa shape index (κ3) is 2.08. The molecule has 0 fully saturated rings. The van der Waals surface area contributed by atoms with Crippen LogP contribution in [0.3, 0.4) is 0 Å². The maximum atomic E-state index is 11.4. The van der Waals surface area contributed by atoms with E-state index in [-0.39, 0.29) is 5.56 Å². The largest absolute Gasteiger partial charge is 0.299 e. The van der Waals surface area contributed by atoms with Gasteiger partial charge in [0, 0.05) is 16.2 Å². The lowest BCUT2D eigenvalue weighted by Gasteiger charge is -2.00. The van der Waals surface area contributed by atoms with E-state index in [1.165, 1.54) is 12.1 Å². The molecule has 0 spiro atoms. The van der Waals surface area contributed by atoms with Gasteiger partial charge in [-0.3, -0.25) is 4.79 Å². The van der Waals surface area contributed by atoms with Gasteiger partial charge in [-0.25, -0.2) is 8.42 Å². The summed E-state index contributed by atoms with van der Waals surface area (Å²) >= 11 is 0. The van der Waals surface area contributed by atoms with Gasteiger partial charge in [-0.1, -0.05) is 30.3 Å². The zero-order valence-electron chi connectivity index (χ0n) is 8.05. The zero-order chi connectivity index (χ0) is 11.8. The van der Waals surface area contributed by atoms with Crippen LogP contribution >= 0.6 is 10.7 Å². The van der Waals surface area contributed by atoms with Crippen LogP contribution in [0, 0.1) is 0 Å². The van der Waals surface area contributed by atoms with E-state index in [9.17, 15) is 13.2 Å². The highest BCUT2D eigenvalue weighted by Crippen LogP contribution is 2.18. The molecule has 2 aromatic rings. The number of carbonyl (C=O) groups excluding carboxylic acids is 1. The van der Waals surface area contributed by atoms with Crippen LogP contribution in [-0.4, -0.2) is 13.5 Å². The fraction of sp³-hybridized carbons (Fsp3) is 0. The van der Waals surface area contributed by atoms with Gasteiger partial charge in [0.15, 0.2) is 0 Å². The lowest BCUT2D eigenvalue weighted by atomic mass is 10.1. The summed E-state index contributed by atoms with van der Waals surface area (Å²) in [5.74, 6) is 0. The van der Waals surface area contributed by atoms with E-state index < -0.39 is 14.2 Å². The molecule has 0 heterocycles. The van der Waals surface area contributed by atoms with E-state index >= 15 is 0 Å². The Morgan fingerprint density at radius 2 is 1.62 bits per heavy atom. The molecule has 0 saturated heterocycles. The van der Waals surface area contributed by atoms with Crippen molar-refractivity contribution in [3.05, 3.63) is 48.0 Å². The van der Waals surface area contributed by atoms with E-state index in [4.69, 9.17) is 10.7 Å². The first-order valence-corrected chi connectivity index (χ1v) is 6.77. The number of hydrogen-bond donors (Lipinski definition) is 0. The van der Waals surface area contributed by atoms with Gasteiger partial charge < -0.3 is 0 Å². The Bertz CT molecular complexity index is 662. The van der Waals surface area contributed by atoms with Crippen molar-refractivity contribution in [1.29, 1.82) is 0 Å². The summed E-state index contributed by atoms with van der Waals surface area (Å²) in [5, 5.41) is 0.666. The molecule has 0 unspecified atom stereocenters. The van der Waals surface area contributed by atoms with Gasteiger partial charge in [-0.15, -0.1) is 0 Å². The Balaban J connectivity index is 2.60. The summed E-state index contributed by atoms with van der Waals surface area (Å²) < 4.78 is 21.8. The molecule has 5 heteroatoms. The first kappa shape index (κ1) is 11.1. The number of hydrogen-bond acceptors (Lipinski definition) is 3. The molecule has 16 heavy (non-hydrogen) atoms. The van der Waals surface area contributed by atoms with Crippen molar-refractivity contribution in [1.82, 2.24) is 0 Å². The average molecular weight is 255 g/mol. The molecule has 0 N–H and O–H groups in total. The van der Waals surface area contributed by atoms with E-state index in [2.05, 4.69) is 0 Å². The number of carbonyl (C=O) groups is 1. The minimum absolute atomic E-state index is 0.0775. The first-order chi connectivity index (χ1) is 7.48. The Morgan fingerprint density at radius 1 is 1.00 bits per heavy atom. The van der Waals surface area contributed by atoms with Crippen molar-refractivity contribution in [2.45, 2.75) is 0 Å². The number of rotatable bonds is 1. The fourth-order valence-electron chi connectivity index (χ4n) is 1.46. The summed E-state index contributed by atoms with van der Waals surface area (Å²) in [6.45, 7) is 0. The monoisotopic (exact) mass is 254 g/mol. The number of fused-ring (bicyclic) bond motifs is 1. The van der Waals surface area contributed by atoms with Crippen molar-refractivity contribution < 1.29 is 13.2 Å². The molecule has 3 nitrogen and oxygen atoms in total. The van der Waals surface area contributed by atoms with Crippen LogP contribution in [0.25, 0.3) is 10.8 Å². The fourth-order valence-corrected chi connectivity index (χ4v) is 2.13. The van der Waals surface area contributed by atoms with Gasteiger partial charge >= 0.3 is 0 Å². The molecular formula is C11H7ClO3S. The molecule has 0 aliphatic heterocycles. The van der Waals surface area contributed by atoms with Crippen LogP contribution < -0.4 is 0 Å². The topological polar surface area (TPSA) is 51.2 Å². The Morgan fingerprint density at radius 3 is 2.25 bits per heavy atom. The van der Waals surface area contributed by atoms with Gasteiger partial charge in [-0.2, -0.15) is 0 Å². The summed E-state index contributed by atoms with van der Waals surface area (Å²) in [7, 11) is 0.801. The summed E-state index contributed by atoms with van der Waals surface area (Å²) in [6, 6.07) is 12.0. The quantitative estimate of drug-likeness (QED) is 0.735. The molecular weight excluding hydrogens is 248 g/mol. The third-order valence-electron chi connectivity index (χ3n) is 2.21. The van der Waals surface area contributed by atoms with E-state index in [0.29, 0.717) is 0 Å². The van der Waals surface area contributed by atoms with Gasteiger partial charge in [-0.05, 0) is 22.9 Å². The molecule has 0 radical (unpaired) electrons. The van der Waals surface area contributed by atoms with E-state index in [1.807, 2.05) is 18.2 Å². The molecule has 0 aliphatic rings. The molecule has 0 aromatic heterocycles. The molecule has 0 aliphatic carbocycles. The van der Waals surface area contributed by atoms with Gasteiger partial charge in [0.1, 0.15) is 0 Å². The molecule has 0 saturated carbocycles. The van der Waals surface area contributed by atoms with E-state index in [1.54, 1.807) is 12.1 Å². The highest BCUT2D eigenvalue weighted by atomic mass is 35.7. The van der Waals surface area contributed by atoms with Crippen molar-refractivity contribution in [2.75, 3.05) is 0 Å². The third-order valence-corrected chi connectivity index (χ3v) is 3.31. The second kappa shape index (κ2) is 3.88. The lowest BCUT2D eigenvalue weighted by Crippen LogP contribution is -2.07. The van der Waals surface area contributed by atoms with Crippen LogP contribution in [0.4, 0.5) is 0 Å². The highest BCUT2D eigenvalue weighted by Gasteiger charge is 2.20. The summed E-state index contributed by atoms with van der Waals surface area (Å²) in [4.78, 5) is 11.4. The second-order valence-corrected chi connectivity index (χ2v) is 5.75. The average Bonchev–Trinajstić information content (AvgIpc) is 2.26. The zero-order valence-corrected chi connectivity index (χ0v) is 9.62. The van der Waals surface area contributed by atoms with E-state index in [0.717, 1.165) is 10.8 Å². The molecule has 0 bridgehead atoms. The minimum atomic E-state index is -4.19. The smallest absolute Gasteiger partial charge is 0.275 e. The maximum absolute atomic E-state index is 11.4. The minimum Gasteiger partial charge on any atom is -0.275 e. The van der Waals surface area contributed by atoms with Crippen molar-refractivity contribution in [2.24, 2.45) is 0 Å². The second-order valence-electron chi connectivity index (χ2n) is 3.29. The van der Waals surface area contributed by atoms with Crippen molar-refractivity contribution in [3.63, 3.8) is 0 Å². The summed E-state index contributed by atoms with van der Waals surface area (Å²) in [5.41, 5.74) is 0.0775. The maximum Gasteiger partial charge on any atom is 0.299 e. The Labute approximate surface area is 97.1 Å². The van der Waals surface area contributed by atoms with Crippen LogP contribution in [0.5, 0.6) is 0 Å². The predicted molar refractivity (Wildman–Crippen MR) is 63.1 cm³/mol. The van der Waals surface area contributed by atoms with Crippen LogP contribution in [-0.2, 0) is 9.05 Å². The van der Waals surface area contributed by atoms with Crippen LogP contribution in [0.1, 0.15) is 10.4 Å². The standard InChI is InChI=1S/C11H7ClO3S/c12-16(14,15)11(13)10-6-5-8-3-1-2-4-9(8)7-10/h1-7H. The molecule has 82 valence electrons. The summed E-state index contributed by atoms with van der Waals surface area (Å²) in [6.07, 6.45) is 0. The Kier molecular flexibility index (Phi) is 2.69. The molecule has 0 atom stereocenters. The normalized spacial score (nSPS) is 11.6. The molecule has 2 rings (SSSR count). The van der Waals surface area contributed by atoms with Gasteiger partial charge in [0.2, 0.25) is 0 Å². The number of benzene rings is 2. The van der Waals surface area contributed by atoms with Crippen molar-refractivity contribution >= 4 is 35.6 Å². The van der Waals surface area contributed by atoms with Crippen LogP contribution in [0.15, 0.2) is 42.5 Å². The number of halogens is 1. The van der Waals surface area contributed by atoms with Crippen LogP contribution in [0.2, 0.25) is 0 Å². The molecule has 0 amide bonds.